The minimum Gasteiger partial charge on any atom is -0.479 e. The summed E-state index contributed by atoms with van der Waals surface area (Å²) in [5.74, 6) is -2.39. The van der Waals surface area contributed by atoms with Gasteiger partial charge in [-0.2, -0.15) is 0 Å². The Morgan fingerprint density at radius 2 is 1.87 bits per heavy atom. The zero-order valence-corrected chi connectivity index (χ0v) is 12.7. The molecule has 0 bridgehead atoms. The lowest BCUT2D eigenvalue weighted by atomic mass is 10.0. The van der Waals surface area contributed by atoms with Gasteiger partial charge in [-0.1, -0.05) is 30.3 Å². The number of hydrogen-bond acceptors (Lipinski definition) is 4. The Morgan fingerprint density at radius 3 is 2.35 bits per heavy atom. The Bertz CT molecular complexity index is 656. The van der Waals surface area contributed by atoms with Gasteiger partial charge in [0.05, 0.1) is 0 Å². The molecule has 0 aromatic heterocycles. The van der Waals surface area contributed by atoms with E-state index < -0.39 is 41.9 Å². The highest BCUT2D eigenvalue weighted by Crippen LogP contribution is 2.20. The van der Waals surface area contributed by atoms with Crippen molar-refractivity contribution in [2.24, 2.45) is 0 Å². The largest absolute Gasteiger partial charge is 0.479 e. The number of carbonyl (C=O) groups excluding carboxylic acids is 3. The summed E-state index contributed by atoms with van der Waals surface area (Å²) in [6.45, 7) is 2.60. The number of nitrogens with one attached hydrogen (secondary N) is 2. The highest BCUT2D eigenvalue weighted by atomic mass is 16.4. The van der Waals surface area contributed by atoms with Gasteiger partial charge in [0, 0.05) is 0 Å². The number of hydrogen-bond donors (Lipinski definition) is 3. The molecule has 1 aliphatic rings. The Hall–Kier alpha value is -2.90. The van der Waals surface area contributed by atoms with Crippen LogP contribution >= 0.6 is 0 Å². The first-order valence-electron chi connectivity index (χ1n) is 6.93. The average Bonchev–Trinajstić information content (AvgIpc) is 2.68. The van der Waals surface area contributed by atoms with Crippen molar-refractivity contribution in [3.05, 3.63) is 35.9 Å². The topological polar surface area (TPSA) is 116 Å². The molecule has 2 rings (SSSR count). The van der Waals surface area contributed by atoms with Crippen LogP contribution in [0, 0.1) is 0 Å². The first-order chi connectivity index (χ1) is 10.7. The van der Waals surface area contributed by atoms with Crippen LogP contribution in [-0.2, 0) is 14.4 Å². The summed E-state index contributed by atoms with van der Waals surface area (Å²) in [4.78, 5) is 47.9. The van der Waals surface area contributed by atoms with E-state index in [0.29, 0.717) is 5.56 Å². The van der Waals surface area contributed by atoms with E-state index in [1.807, 2.05) is 0 Å². The zero-order valence-electron chi connectivity index (χ0n) is 12.7. The second-order valence-corrected chi connectivity index (χ2v) is 5.65. The third kappa shape index (κ3) is 3.31. The molecular formula is C15H17N3O5. The zero-order chi connectivity index (χ0) is 17.2. The number of carboxylic acid groups (broad SMARTS) is 1. The van der Waals surface area contributed by atoms with Gasteiger partial charge in [0.2, 0.25) is 5.91 Å². The average molecular weight is 319 g/mol. The number of aliphatic carboxylic acids is 1. The van der Waals surface area contributed by atoms with Crippen molar-refractivity contribution in [2.75, 3.05) is 6.54 Å². The van der Waals surface area contributed by atoms with Gasteiger partial charge in [0.25, 0.3) is 5.91 Å². The lowest BCUT2D eigenvalue weighted by Crippen LogP contribution is -2.49. The lowest BCUT2D eigenvalue weighted by Gasteiger charge is -2.27. The fourth-order valence-corrected chi connectivity index (χ4v) is 2.25. The number of carboxylic acids is 1. The summed E-state index contributed by atoms with van der Waals surface area (Å²) >= 11 is 0. The molecule has 4 amide bonds. The molecule has 0 saturated carbocycles. The van der Waals surface area contributed by atoms with Gasteiger partial charge < -0.3 is 15.3 Å². The maximum Gasteiger partial charge on any atom is 0.330 e. The molecule has 1 heterocycles. The third-order valence-corrected chi connectivity index (χ3v) is 3.68. The van der Waals surface area contributed by atoms with E-state index >= 15 is 0 Å². The van der Waals surface area contributed by atoms with Crippen LogP contribution < -0.4 is 10.6 Å². The number of imide groups is 1. The fourth-order valence-electron chi connectivity index (χ4n) is 2.25. The molecule has 0 unspecified atom stereocenters. The van der Waals surface area contributed by atoms with E-state index in [2.05, 4.69) is 10.6 Å². The van der Waals surface area contributed by atoms with Gasteiger partial charge in [-0.25, -0.2) is 9.59 Å². The number of carbonyl (C=O) groups is 4. The highest BCUT2D eigenvalue weighted by Gasteiger charge is 2.46. The van der Waals surface area contributed by atoms with Crippen LogP contribution in [0.3, 0.4) is 0 Å². The number of urea groups is 1. The second-order valence-electron chi connectivity index (χ2n) is 5.65. The second kappa shape index (κ2) is 6.07. The van der Waals surface area contributed by atoms with Gasteiger partial charge >= 0.3 is 12.0 Å². The summed E-state index contributed by atoms with van der Waals surface area (Å²) in [5, 5.41) is 13.8. The Labute approximate surface area is 132 Å². The maximum atomic E-state index is 12.1. The lowest BCUT2D eigenvalue weighted by molar-refractivity contribution is -0.142. The van der Waals surface area contributed by atoms with Gasteiger partial charge in [-0.3, -0.25) is 14.9 Å². The van der Waals surface area contributed by atoms with E-state index in [1.165, 1.54) is 13.8 Å². The molecule has 3 N–H and O–H groups in total. The van der Waals surface area contributed by atoms with Crippen molar-refractivity contribution < 1.29 is 24.3 Å². The van der Waals surface area contributed by atoms with E-state index in [-0.39, 0.29) is 0 Å². The summed E-state index contributed by atoms with van der Waals surface area (Å²) in [7, 11) is 0. The smallest absolute Gasteiger partial charge is 0.330 e. The van der Waals surface area contributed by atoms with Gasteiger partial charge in [0.15, 0.2) is 6.04 Å². The Morgan fingerprint density at radius 1 is 1.26 bits per heavy atom. The van der Waals surface area contributed by atoms with Crippen molar-refractivity contribution in [1.29, 1.82) is 0 Å². The van der Waals surface area contributed by atoms with E-state index in [0.717, 1.165) is 4.90 Å². The quantitative estimate of drug-likeness (QED) is 0.673. The van der Waals surface area contributed by atoms with Gasteiger partial charge in [0.1, 0.15) is 12.1 Å². The van der Waals surface area contributed by atoms with Crippen molar-refractivity contribution >= 4 is 23.8 Å². The number of nitrogens with zero attached hydrogens (tertiary/aromatic N) is 1. The molecule has 23 heavy (non-hydrogen) atoms. The predicted octanol–water partition coefficient (Wildman–Crippen LogP) is 0.259. The number of rotatable bonds is 5. The molecule has 1 saturated heterocycles. The minimum atomic E-state index is -1.23. The van der Waals surface area contributed by atoms with Crippen LogP contribution in [0.1, 0.15) is 25.5 Å². The van der Waals surface area contributed by atoms with Crippen molar-refractivity contribution in [2.45, 2.75) is 25.4 Å². The molecule has 8 heteroatoms. The van der Waals surface area contributed by atoms with Crippen molar-refractivity contribution in [3.8, 4) is 0 Å². The summed E-state index contributed by atoms with van der Waals surface area (Å²) in [6.07, 6.45) is 0. The van der Waals surface area contributed by atoms with E-state index in [9.17, 15) is 24.3 Å². The van der Waals surface area contributed by atoms with E-state index in [4.69, 9.17) is 0 Å². The molecule has 1 aliphatic heterocycles. The van der Waals surface area contributed by atoms with Crippen molar-refractivity contribution in [3.63, 3.8) is 0 Å². The first-order valence-corrected chi connectivity index (χ1v) is 6.93. The minimum absolute atomic E-state index is 0.412. The van der Waals surface area contributed by atoms with Gasteiger partial charge in [-0.05, 0) is 19.4 Å². The maximum absolute atomic E-state index is 12.1. The van der Waals surface area contributed by atoms with Crippen LogP contribution in [0.25, 0.3) is 0 Å². The van der Waals surface area contributed by atoms with Crippen molar-refractivity contribution in [1.82, 2.24) is 15.5 Å². The molecule has 1 fully saturated rings. The molecule has 122 valence electrons. The summed E-state index contributed by atoms with van der Waals surface area (Å²) in [6, 6.07) is 6.30. The molecule has 0 aliphatic carbocycles. The molecular weight excluding hydrogens is 302 g/mol. The molecule has 1 aromatic carbocycles. The van der Waals surface area contributed by atoms with Gasteiger partial charge in [-0.15, -0.1) is 0 Å². The Kier molecular flexibility index (Phi) is 4.35. The third-order valence-electron chi connectivity index (χ3n) is 3.68. The van der Waals surface area contributed by atoms with Crippen LogP contribution in [0.4, 0.5) is 4.79 Å². The summed E-state index contributed by atoms with van der Waals surface area (Å²) < 4.78 is 0. The standard InChI is InChI=1S/C15H17N3O5/c1-15(2)13(22)17-14(23)18(15)8-10(19)16-11(12(20)21)9-6-4-3-5-7-9/h3-7,11H,8H2,1-2H3,(H,16,19)(H,20,21)(H,17,22,23)/t11-/m1/s1. The molecule has 0 spiro atoms. The molecule has 8 nitrogen and oxygen atoms in total. The normalized spacial score (nSPS) is 17.6. The van der Waals surface area contributed by atoms with Crippen LogP contribution in [-0.4, -0.2) is 45.9 Å². The predicted molar refractivity (Wildman–Crippen MR) is 79.3 cm³/mol. The monoisotopic (exact) mass is 319 g/mol. The fraction of sp³-hybridized carbons (Fsp3) is 0.333. The SMILES string of the molecule is CC1(C)C(=O)NC(=O)N1CC(=O)N[C@@H](C(=O)O)c1ccccc1. The molecule has 1 atom stereocenters. The van der Waals surface area contributed by atoms with Crippen LogP contribution in [0.5, 0.6) is 0 Å². The first kappa shape index (κ1) is 16.5. The Balaban J connectivity index is 2.10. The number of amides is 4. The van der Waals surface area contributed by atoms with Crippen LogP contribution in [0.2, 0.25) is 0 Å². The molecule has 1 aromatic rings. The summed E-state index contributed by atoms with van der Waals surface area (Å²) in [5.41, 5.74) is -0.755. The molecule has 0 radical (unpaired) electrons. The number of benzene rings is 1. The highest BCUT2D eigenvalue weighted by molar-refractivity contribution is 6.07. The van der Waals surface area contributed by atoms with E-state index in [1.54, 1.807) is 30.3 Å². The van der Waals surface area contributed by atoms with Crippen LogP contribution in [0.15, 0.2) is 30.3 Å².